The number of carbonyl (C=O) groups excluding carboxylic acids is 1. The number of ether oxygens (including phenoxy) is 2. The highest BCUT2D eigenvalue weighted by Gasteiger charge is 2.28. The molecule has 0 unspecified atom stereocenters. The number of para-hydroxylation sites is 2. The molecule has 8 nitrogen and oxygen atoms in total. The van der Waals surface area contributed by atoms with Crippen LogP contribution in [0.2, 0.25) is 5.02 Å². The molecule has 0 saturated carbocycles. The molecule has 1 amide bonds. The quantitative estimate of drug-likeness (QED) is 0.574. The number of nitro benzene ring substituents is 1. The molecule has 0 aromatic heterocycles. The number of rotatable bonds is 5. The molecule has 0 spiro atoms. The van der Waals surface area contributed by atoms with E-state index in [0.29, 0.717) is 67.9 Å². The number of hydrogen-bond acceptors (Lipinski definition) is 6. The Bertz CT molecular complexity index is 960. The Kier molecular flexibility index (Phi) is 5.94. The number of nitrogens with one attached hydrogen (secondary N) is 1. The Balaban J connectivity index is 1.33. The Labute approximate surface area is 178 Å². The van der Waals surface area contributed by atoms with Crippen LogP contribution in [0, 0.1) is 16.0 Å². The number of halogens is 1. The molecule has 0 bridgehead atoms. The first-order chi connectivity index (χ1) is 14.5. The van der Waals surface area contributed by atoms with Gasteiger partial charge in [0.1, 0.15) is 18.9 Å². The van der Waals surface area contributed by atoms with Crippen LogP contribution in [0.3, 0.4) is 0 Å². The molecule has 2 aliphatic rings. The molecule has 1 N–H and O–H groups in total. The van der Waals surface area contributed by atoms with E-state index in [1.165, 1.54) is 6.07 Å². The van der Waals surface area contributed by atoms with Gasteiger partial charge in [0.15, 0.2) is 11.5 Å². The number of nitrogens with zero attached hydrogens (tertiary/aromatic N) is 2. The first-order valence-corrected chi connectivity index (χ1v) is 10.2. The van der Waals surface area contributed by atoms with E-state index in [4.69, 9.17) is 21.1 Å². The van der Waals surface area contributed by atoms with Gasteiger partial charge in [-0.3, -0.25) is 14.9 Å². The normalized spacial score (nSPS) is 16.2. The zero-order chi connectivity index (χ0) is 21.1. The van der Waals surface area contributed by atoms with Gasteiger partial charge >= 0.3 is 0 Å². The Morgan fingerprint density at radius 3 is 2.70 bits per heavy atom. The fourth-order valence-electron chi connectivity index (χ4n) is 3.87. The number of nitro groups is 1. The Morgan fingerprint density at radius 1 is 1.20 bits per heavy atom. The molecule has 1 saturated heterocycles. The second kappa shape index (κ2) is 8.79. The molecule has 2 aromatic carbocycles. The molecule has 0 atom stereocenters. The molecule has 1 fully saturated rings. The molecular formula is C21H22ClN3O5. The summed E-state index contributed by atoms with van der Waals surface area (Å²) in [4.78, 5) is 25.5. The van der Waals surface area contributed by atoms with Crippen LogP contribution in [0.15, 0.2) is 36.4 Å². The minimum atomic E-state index is -0.368. The SMILES string of the molecule is O=C(NCc1cc(Cl)c2c(c1)OCCO2)C1CCN(c2ccccc2[N+](=O)[O-])CC1. The van der Waals surface area contributed by atoms with Crippen molar-refractivity contribution < 1.29 is 19.2 Å². The van der Waals surface area contributed by atoms with E-state index in [0.717, 1.165) is 5.56 Å². The van der Waals surface area contributed by atoms with Gasteiger partial charge in [-0.05, 0) is 36.6 Å². The molecule has 9 heteroatoms. The van der Waals surface area contributed by atoms with Crippen molar-refractivity contribution >= 4 is 28.9 Å². The first-order valence-electron chi connectivity index (χ1n) is 9.87. The molecule has 2 aliphatic heterocycles. The summed E-state index contributed by atoms with van der Waals surface area (Å²) in [5.41, 5.74) is 1.54. The van der Waals surface area contributed by atoms with E-state index in [1.54, 1.807) is 24.3 Å². The summed E-state index contributed by atoms with van der Waals surface area (Å²) < 4.78 is 11.1. The molecular weight excluding hydrogens is 410 g/mol. The number of piperidine rings is 1. The van der Waals surface area contributed by atoms with Gasteiger partial charge in [-0.1, -0.05) is 23.7 Å². The number of amides is 1. The lowest BCUT2D eigenvalue weighted by Crippen LogP contribution is -2.40. The van der Waals surface area contributed by atoms with Crippen molar-refractivity contribution in [2.75, 3.05) is 31.2 Å². The monoisotopic (exact) mass is 431 g/mol. The molecule has 158 valence electrons. The van der Waals surface area contributed by atoms with E-state index in [-0.39, 0.29) is 22.4 Å². The minimum Gasteiger partial charge on any atom is -0.486 e. The molecule has 2 heterocycles. The summed E-state index contributed by atoms with van der Waals surface area (Å²) in [5.74, 6) is 0.982. The third-order valence-electron chi connectivity index (χ3n) is 5.41. The van der Waals surface area contributed by atoms with Crippen LogP contribution in [0.1, 0.15) is 18.4 Å². The molecule has 2 aromatic rings. The third kappa shape index (κ3) is 4.28. The summed E-state index contributed by atoms with van der Waals surface area (Å²) >= 11 is 6.25. The maximum Gasteiger partial charge on any atom is 0.292 e. The summed E-state index contributed by atoms with van der Waals surface area (Å²) in [6.07, 6.45) is 1.28. The number of anilines is 1. The van der Waals surface area contributed by atoms with E-state index in [2.05, 4.69) is 5.32 Å². The molecule has 4 rings (SSSR count). The van der Waals surface area contributed by atoms with E-state index >= 15 is 0 Å². The van der Waals surface area contributed by atoms with Crippen molar-refractivity contribution in [1.29, 1.82) is 0 Å². The zero-order valence-corrected chi connectivity index (χ0v) is 17.1. The van der Waals surface area contributed by atoms with Gasteiger partial charge in [-0.2, -0.15) is 0 Å². The summed E-state index contributed by atoms with van der Waals surface area (Å²) in [6.45, 7) is 2.47. The van der Waals surface area contributed by atoms with Crippen LogP contribution >= 0.6 is 11.6 Å². The first kappa shape index (κ1) is 20.3. The zero-order valence-electron chi connectivity index (χ0n) is 16.3. The van der Waals surface area contributed by atoms with Crippen molar-refractivity contribution in [3.05, 3.63) is 57.1 Å². The third-order valence-corrected chi connectivity index (χ3v) is 5.69. The minimum absolute atomic E-state index is 0.0248. The van der Waals surface area contributed by atoms with E-state index in [1.807, 2.05) is 11.0 Å². The van der Waals surface area contributed by atoms with Crippen molar-refractivity contribution in [1.82, 2.24) is 5.32 Å². The van der Waals surface area contributed by atoms with Gasteiger partial charge in [-0.15, -0.1) is 0 Å². The highest BCUT2D eigenvalue weighted by Crippen LogP contribution is 2.38. The lowest BCUT2D eigenvalue weighted by atomic mass is 9.95. The second-order valence-corrected chi connectivity index (χ2v) is 7.73. The highest BCUT2D eigenvalue weighted by molar-refractivity contribution is 6.32. The van der Waals surface area contributed by atoms with Gasteiger partial charge in [-0.25, -0.2) is 0 Å². The average molecular weight is 432 g/mol. The average Bonchev–Trinajstić information content (AvgIpc) is 2.77. The van der Waals surface area contributed by atoms with Crippen LogP contribution < -0.4 is 19.7 Å². The number of hydrogen-bond donors (Lipinski definition) is 1. The van der Waals surface area contributed by atoms with Crippen LogP contribution in [-0.4, -0.2) is 37.1 Å². The summed E-state index contributed by atoms with van der Waals surface area (Å²) in [6, 6.07) is 10.3. The summed E-state index contributed by atoms with van der Waals surface area (Å²) in [5, 5.41) is 14.7. The van der Waals surface area contributed by atoms with Crippen LogP contribution in [0.4, 0.5) is 11.4 Å². The lowest BCUT2D eigenvalue weighted by molar-refractivity contribution is -0.384. The number of fused-ring (bicyclic) bond motifs is 1. The topological polar surface area (TPSA) is 93.9 Å². The van der Waals surface area contributed by atoms with Crippen molar-refractivity contribution in [3.8, 4) is 11.5 Å². The number of carbonyl (C=O) groups is 1. The largest absolute Gasteiger partial charge is 0.486 e. The predicted octanol–water partition coefficient (Wildman–Crippen LogP) is 3.55. The van der Waals surface area contributed by atoms with Crippen molar-refractivity contribution in [2.24, 2.45) is 5.92 Å². The fraction of sp³-hybridized carbons (Fsp3) is 0.381. The standard InChI is InChI=1S/C21H22ClN3O5/c22-16-11-14(12-19-20(16)30-10-9-29-19)13-23-21(26)15-5-7-24(8-6-15)17-3-1-2-4-18(17)25(27)28/h1-4,11-12,15H,5-10,13H2,(H,23,26). The Hall–Kier alpha value is -3.00. The lowest BCUT2D eigenvalue weighted by Gasteiger charge is -2.32. The predicted molar refractivity (Wildman–Crippen MR) is 112 cm³/mol. The smallest absolute Gasteiger partial charge is 0.292 e. The fourth-order valence-corrected chi connectivity index (χ4v) is 4.16. The summed E-state index contributed by atoms with van der Waals surface area (Å²) in [7, 11) is 0. The maximum atomic E-state index is 12.6. The molecule has 30 heavy (non-hydrogen) atoms. The van der Waals surface area contributed by atoms with Crippen LogP contribution in [0.25, 0.3) is 0 Å². The van der Waals surface area contributed by atoms with Gasteiger partial charge < -0.3 is 19.7 Å². The van der Waals surface area contributed by atoms with Crippen molar-refractivity contribution in [2.45, 2.75) is 19.4 Å². The molecule has 0 radical (unpaired) electrons. The van der Waals surface area contributed by atoms with Crippen LogP contribution in [0.5, 0.6) is 11.5 Å². The van der Waals surface area contributed by atoms with Crippen LogP contribution in [-0.2, 0) is 11.3 Å². The van der Waals surface area contributed by atoms with Gasteiger partial charge in [0.05, 0.1) is 9.95 Å². The Morgan fingerprint density at radius 2 is 1.93 bits per heavy atom. The molecule has 0 aliphatic carbocycles. The van der Waals surface area contributed by atoms with E-state index < -0.39 is 0 Å². The van der Waals surface area contributed by atoms with Gasteiger partial charge in [0.2, 0.25) is 5.91 Å². The van der Waals surface area contributed by atoms with Gasteiger partial charge in [0, 0.05) is 31.6 Å². The number of benzene rings is 2. The van der Waals surface area contributed by atoms with Crippen molar-refractivity contribution in [3.63, 3.8) is 0 Å². The van der Waals surface area contributed by atoms with Gasteiger partial charge in [0.25, 0.3) is 5.69 Å². The van der Waals surface area contributed by atoms with E-state index in [9.17, 15) is 14.9 Å². The second-order valence-electron chi connectivity index (χ2n) is 7.33. The maximum absolute atomic E-state index is 12.6. The highest BCUT2D eigenvalue weighted by atomic mass is 35.5.